The number of anilines is 1. The van der Waals surface area contributed by atoms with Gasteiger partial charge in [-0.3, -0.25) is 20.2 Å². The van der Waals surface area contributed by atoms with Crippen molar-refractivity contribution in [2.24, 2.45) is 0 Å². The van der Waals surface area contributed by atoms with E-state index in [9.17, 15) is 14.9 Å². The lowest BCUT2D eigenvalue weighted by Crippen LogP contribution is -2.22. The lowest BCUT2D eigenvalue weighted by atomic mass is 10.3. The average Bonchev–Trinajstić information content (AvgIpc) is 2.95. The zero-order chi connectivity index (χ0) is 16.1. The largest absolute Gasteiger partial charge is 0.300 e. The molecule has 2 aromatic rings. The molecule has 0 spiro atoms. The number of rotatable bonds is 6. The van der Waals surface area contributed by atoms with Gasteiger partial charge in [-0.1, -0.05) is 18.3 Å². The van der Waals surface area contributed by atoms with Crippen LogP contribution in [-0.2, 0) is 11.2 Å². The van der Waals surface area contributed by atoms with Crippen LogP contribution >= 0.6 is 23.1 Å². The fourth-order valence-electron chi connectivity index (χ4n) is 1.56. The number of carbonyl (C=O) groups is 1. The van der Waals surface area contributed by atoms with Crippen LogP contribution in [0.15, 0.2) is 29.2 Å². The molecule has 1 aromatic carbocycles. The van der Waals surface area contributed by atoms with E-state index in [4.69, 9.17) is 0 Å². The van der Waals surface area contributed by atoms with Crippen molar-refractivity contribution in [3.8, 4) is 0 Å². The zero-order valence-electron chi connectivity index (χ0n) is 12.0. The first-order valence-corrected chi connectivity index (χ1v) is 8.23. The second kappa shape index (κ2) is 7.32. The van der Waals surface area contributed by atoms with E-state index in [1.807, 2.05) is 6.92 Å². The number of aryl methyl sites for hydroxylation is 1. The second-order valence-electron chi connectivity index (χ2n) is 4.35. The first-order valence-electron chi connectivity index (χ1n) is 6.54. The number of nitro benzene ring substituents is 1. The SMILES string of the molecule is CCc1nnc(NC(=O)[C@@H](C)Sc2ccc([N+](=O)[O-])cc2)s1. The number of nitrogens with zero attached hydrogens (tertiary/aromatic N) is 3. The molecule has 0 fully saturated rings. The van der Waals surface area contributed by atoms with E-state index in [-0.39, 0.29) is 16.8 Å². The smallest absolute Gasteiger partial charge is 0.269 e. The van der Waals surface area contributed by atoms with Crippen LogP contribution in [-0.4, -0.2) is 26.3 Å². The van der Waals surface area contributed by atoms with Crippen LogP contribution in [0.3, 0.4) is 0 Å². The maximum atomic E-state index is 12.1. The number of amides is 1. The van der Waals surface area contributed by atoms with Gasteiger partial charge in [0, 0.05) is 17.0 Å². The maximum Gasteiger partial charge on any atom is 0.269 e. The number of hydrogen-bond donors (Lipinski definition) is 1. The fourth-order valence-corrected chi connectivity index (χ4v) is 3.11. The van der Waals surface area contributed by atoms with Gasteiger partial charge in [0.15, 0.2) is 0 Å². The summed E-state index contributed by atoms with van der Waals surface area (Å²) in [6.07, 6.45) is 0.778. The van der Waals surface area contributed by atoms with Gasteiger partial charge in [-0.25, -0.2) is 0 Å². The van der Waals surface area contributed by atoms with Crippen LogP contribution in [0.2, 0.25) is 0 Å². The first kappa shape index (κ1) is 16.4. The van der Waals surface area contributed by atoms with E-state index < -0.39 is 4.92 Å². The van der Waals surface area contributed by atoms with E-state index in [0.29, 0.717) is 5.13 Å². The van der Waals surface area contributed by atoms with Gasteiger partial charge in [-0.15, -0.1) is 22.0 Å². The molecule has 116 valence electrons. The molecular weight excluding hydrogens is 324 g/mol. The lowest BCUT2D eigenvalue weighted by molar-refractivity contribution is -0.384. The lowest BCUT2D eigenvalue weighted by Gasteiger charge is -2.09. The third-order valence-electron chi connectivity index (χ3n) is 2.73. The normalized spacial score (nSPS) is 11.9. The van der Waals surface area contributed by atoms with E-state index in [1.165, 1.54) is 35.2 Å². The third kappa shape index (κ3) is 4.25. The van der Waals surface area contributed by atoms with Gasteiger partial charge in [0.05, 0.1) is 10.2 Å². The van der Waals surface area contributed by atoms with E-state index in [2.05, 4.69) is 15.5 Å². The van der Waals surface area contributed by atoms with Crippen LogP contribution < -0.4 is 5.32 Å². The Labute approximate surface area is 135 Å². The Hall–Kier alpha value is -2.00. The van der Waals surface area contributed by atoms with Gasteiger partial charge in [0.2, 0.25) is 11.0 Å². The quantitative estimate of drug-likeness (QED) is 0.493. The number of nitrogens with one attached hydrogen (secondary N) is 1. The predicted octanol–water partition coefficient (Wildman–Crippen LogP) is 3.13. The summed E-state index contributed by atoms with van der Waals surface area (Å²) in [4.78, 5) is 23.0. The summed E-state index contributed by atoms with van der Waals surface area (Å²) in [5.74, 6) is -0.179. The molecule has 1 atom stereocenters. The van der Waals surface area contributed by atoms with Crippen molar-refractivity contribution in [2.75, 3.05) is 5.32 Å². The van der Waals surface area contributed by atoms with Crippen LogP contribution in [0.25, 0.3) is 0 Å². The standard InChI is InChI=1S/C13H14N4O3S2/c1-3-11-15-16-13(22-11)14-12(18)8(2)21-10-6-4-9(5-7-10)17(19)20/h4-8H,3H2,1-2H3,(H,14,16,18)/t8-/m1/s1. The zero-order valence-corrected chi connectivity index (χ0v) is 13.6. The molecule has 1 N–H and O–H groups in total. The summed E-state index contributed by atoms with van der Waals surface area (Å²) < 4.78 is 0. The van der Waals surface area contributed by atoms with Crippen LogP contribution in [0.1, 0.15) is 18.9 Å². The molecule has 22 heavy (non-hydrogen) atoms. The Bertz CT molecular complexity index is 672. The highest BCUT2D eigenvalue weighted by Gasteiger charge is 2.17. The summed E-state index contributed by atoms with van der Waals surface area (Å²) in [7, 11) is 0. The molecule has 0 aliphatic rings. The Morgan fingerprint density at radius 2 is 2.09 bits per heavy atom. The molecule has 0 bridgehead atoms. The molecular formula is C13H14N4O3S2. The molecule has 0 aliphatic heterocycles. The van der Waals surface area contributed by atoms with Gasteiger partial charge < -0.3 is 0 Å². The average molecular weight is 338 g/mol. The molecule has 0 unspecified atom stereocenters. The van der Waals surface area contributed by atoms with Gasteiger partial charge in [0.25, 0.3) is 5.69 Å². The number of benzene rings is 1. The number of non-ortho nitro benzene ring substituents is 1. The molecule has 0 aliphatic carbocycles. The molecule has 1 amide bonds. The Balaban J connectivity index is 1.94. The number of aromatic nitrogens is 2. The molecule has 0 radical (unpaired) electrons. The monoisotopic (exact) mass is 338 g/mol. The molecule has 7 nitrogen and oxygen atoms in total. The van der Waals surface area contributed by atoms with E-state index in [1.54, 1.807) is 19.1 Å². The van der Waals surface area contributed by atoms with Crippen molar-refractivity contribution in [2.45, 2.75) is 30.4 Å². The topological polar surface area (TPSA) is 98.0 Å². The summed E-state index contributed by atoms with van der Waals surface area (Å²) in [5, 5.41) is 22.2. The van der Waals surface area contributed by atoms with Gasteiger partial charge >= 0.3 is 0 Å². The van der Waals surface area contributed by atoms with Crippen LogP contribution in [0.5, 0.6) is 0 Å². The second-order valence-corrected chi connectivity index (χ2v) is 6.83. The van der Waals surface area contributed by atoms with Crippen LogP contribution in [0.4, 0.5) is 10.8 Å². The van der Waals surface area contributed by atoms with Crippen molar-refractivity contribution in [3.63, 3.8) is 0 Å². The Kier molecular flexibility index (Phi) is 5.45. The molecule has 0 saturated heterocycles. The highest BCUT2D eigenvalue weighted by molar-refractivity contribution is 8.00. The minimum absolute atomic E-state index is 0.0300. The van der Waals surface area contributed by atoms with Gasteiger partial charge in [0.1, 0.15) is 5.01 Å². The molecule has 1 aromatic heterocycles. The maximum absolute atomic E-state index is 12.1. The third-order valence-corrected chi connectivity index (χ3v) is 4.82. The highest BCUT2D eigenvalue weighted by atomic mass is 32.2. The van der Waals surface area contributed by atoms with Gasteiger partial charge in [-0.05, 0) is 25.5 Å². The Morgan fingerprint density at radius 3 is 2.64 bits per heavy atom. The summed E-state index contributed by atoms with van der Waals surface area (Å²) >= 11 is 2.68. The molecule has 2 rings (SSSR count). The van der Waals surface area contributed by atoms with Gasteiger partial charge in [-0.2, -0.15) is 0 Å². The first-order chi connectivity index (χ1) is 10.5. The number of carbonyl (C=O) groups excluding carboxylic acids is 1. The molecule has 0 saturated carbocycles. The molecule has 9 heteroatoms. The van der Waals surface area contributed by atoms with Crippen molar-refractivity contribution in [1.82, 2.24) is 10.2 Å². The minimum atomic E-state index is -0.453. The summed E-state index contributed by atoms with van der Waals surface area (Å²) in [6, 6.07) is 6.11. The Morgan fingerprint density at radius 1 is 1.41 bits per heavy atom. The number of hydrogen-bond acceptors (Lipinski definition) is 7. The summed E-state index contributed by atoms with van der Waals surface area (Å²) in [6.45, 7) is 3.74. The highest BCUT2D eigenvalue weighted by Crippen LogP contribution is 2.26. The predicted molar refractivity (Wildman–Crippen MR) is 86.3 cm³/mol. The number of nitro groups is 1. The molecule has 1 heterocycles. The van der Waals surface area contributed by atoms with E-state index in [0.717, 1.165) is 16.3 Å². The van der Waals surface area contributed by atoms with E-state index >= 15 is 0 Å². The van der Waals surface area contributed by atoms with Crippen molar-refractivity contribution >= 4 is 39.8 Å². The number of thioether (sulfide) groups is 1. The fraction of sp³-hybridized carbons (Fsp3) is 0.308. The van der Waals surface area contributed by atoms with Crippen molar-refractivity contribution in [3.05, 3.63) is 39.4 Å². The van der Waals surface area contributed by atoms with Crippen molar-refractivity contribution < 1.29 is 9.72 Å². The minimum Gasteiger partial charge on any atom is -0.300 e. The van der Waals surface area contributed by atoms with Crippen LogP contribution in [0, 0.1) is 10.1 Å². The summed E-state index contributed by atoms with van der Waals surface area (Å²) in [5.41, 5.74) is 0.0300. The van der Waals surface area contributed by atoms with Crippen molar-refractivity contribution in [1.29, 1.82) is 0 Å².